The first-order valence-electron chi connectivity index (χ1n) is 5.73. The van der Waals surface area contributed by atoms with Crippen LogP contribution in [-0.4, -0.2) is 23.5 Å². The lowest BCUT2D eigenvalue weighted by Gasteiger charge is -2.12. The molecule has 1 aromatic carbocycles. The molecule has 0 radical (unpaired) electrons. The van der Waals surface area contributed by atoms with Gasteiger partial charge in [-0.05, 0) is 54.0 Å². The van der Waals surface area contributed by atoms with E-state index in [1.54, 1.807) is 6.07 Å². The zero-order valence-electron chi connectivity index (χ0n) is 10.00. The minimum Gasteiger partial charge on any atom is -0.481 e. The number of aliphatic carboxylic acids is 1. The molecule has 5 heteroatoms. The normalized spacial score (nSPS) is 16.1. The number of carbonyl (C=O) groups excluding carboxylic acids is 1. The Labute approximate surface area is 119 Å². The Bertz CT molecular complexity index is 509. The number of hydrogen-bond donors (Lipinski definition) is 2. The van der Waals surface area contributed by atoms with Gasteiger partial charge in [-0.15, -0.1) is 0 Å². The van der Waals surface area contributed by atoms with E-state index in [0.717, 1.165) is 9.13 Å². The van der Waals surface area contributed by atoms with Gasteiger partial charge in [0.15, 0.2) is 0 Å². The predicted molar refractivity (Wildman–Crippen MR) is 75.5 cm³/mol. The van der Waals surface area contributed by atoms with Gasteiger partial charge < -0.3 is 10.4 Å². The van der Waals surface area contributed by atoms with Crippen LogP contribution in [0.25, 0.3) is 0 Å². The zero-order chi connectivity index (χ0) is 13.3. The van der Waals surface area contributed by atoms with Crippen LogP contribution in [0.3, 0.4) is 0 Å². The molecule has 96 valence electrons. The molecule has 0 heterocycles. The van der Waals surface area contributed by atoms with Crippen molar-refractivity contribution in [3.8, 4) is 0 Å². The molecule has 2 N–H and O–H groups in total. The van der Waals surface area contributed by atoms with Gasteiger partial charge in [0.2, 0.25) is 0 Å². The lowest BCUT2D eigenvalue weighted by molar-refractivity contribution is -0.143. The summed E-state index contributed by atoms with van der Waals surface area (Å²) in [7, 11) is 0. The second-order valence-electron chi connectivity index (χ2n) is 4.70. The van der Waals surface area contributed by atoms with E-state index >= 15 is 0 Å². The van der Waals surface area contributed by atoms with Crippen LogP contribution in [0.5, 0.6) is 0 Å². The Balaban J connectivity index is 2.05. The second kappa shape index (κ2) is 4.87. The number of halogens is 1. The van der Waals surface area contributed by atoms with Crippen molar-refractivity contribution in [1.82, 2.24) is 5.32 Å². The maximum absolute atomic E-state index is 12.0. The second-order valence-corrected chi connectivity index (χ2v) is 5.78. The molecule has 0 unspecified atom stereocenters. The van der Waals surface area contributed by atoms with Crippen molar-refractivity contribution in [2.75, 3.05) is 6.54 Å². The lowest BCUT2D eigenvalue weighted by Crippen LogP contribution is -2.34. The molecule has 18 heavy (non-hydrogen) atoms. The Kier molecular flexibility index (Phi) is 3.61. The van der Waals surface area contributed by atoms with Gasteiger partial charge in [0.05, 0.1) is 11.0 Å². The summed E-state index contributed by atoms with van der Waals surface area (Å²) in [6.07, 6.45) is 1.29. The molecular formula is C13H14INO3. The van der Waals surface area contributed by atoms with E-state index in [0.29, 0.717) is 18.4 Å². The van der Waals surface area contributed by atoms with Gasteiger partial charge in [0.1, 0.15) is 0 Å². The van der Waals surface area contributed by atoms with Crippen LogP contribution < -0.4 is 5.32 Å². The molecule has 1 saturated carbocycles. The maximum Gasteiger partial charge on any atom is 0.311 e. The van der Waals surface area contributed by atoms with Crippen LogP contribution in [-0.2, 0) is 4.79 Å². The van der Waals surface area contributed by atoms with E-state index in [1.165, 1.54) is 0 Å². The van der Waals surface area contributed by atoms with Crippen LogP contribution in [0, 0.1) is 15.9 Å². The van der Waals surface area contributed by atoms with Crippen LogP contribution in [0.4, 0.5) is 0 Å². The molecule has 1 aliphatic carbocycles. The third kappa shape index (κ3) is 2.50. The van der Waals surface area contributed by atoms with Crippen LogP contribution in [0.2, 0.25) is 0 Å². The number of carboxylic acids is 1. The van der Waals surface area contributed by atoms with Gasteiger partial charge in [-0.1, -0.05) is 12.1 Å². The molecule has 0 aromatic heterocycles. The summed E-state index contributed by atoms with van der Waals surface area (Å²) in [4.78, 5) is 23.0. The summed E-state index contributed by atoms with van der Waals surface area (Å²) in [5.74, 6) is -1.02. The quantitative estimate of drug-likeness (QED) is 0.810. The molecule has 0 spiro atoms. The van der Waals surface area contributed by atoms with Gasteiger partial charge in [0.25, 0.3) is 5.91 Å². The maximum atomic E-state index is 12.0. The van der Waals surface area contributed by atoms with Crippen molar-refractivity contribution in [2.45, 2.75) is 19.8 Å². The number of carboxylic acid groups (broad SMARTS) is 1. The Morgan fingerprint density at radius 1 is 1.44 bits per heavy atom. The summed E-state index contributed by atoms with van der Waals surface area (Å²) in [6, 6.07) is 5.53. The first kappa shape index (κ1) is 13.3. The van der Waals surface area contributed by atoms with Gasteiger partial charge in [-0.2, -0.15) is 0 Å². The van der Waals surface area contributed by atoms with Crippen molar-refractivity contribution < 1.29 is 14.7 Å². The van der Waals surface area contributed by atoms with E-state index in [4.69, 9.17) is 5.11 Å². The molecule has 4 nitrogen and oxygen atoms in total. The fraction of sp³-hybridized carbons (Fsp3) is 0.385. The molecule has 2 rings (SSSR count). The van der Waals surface area contributed by atoms with Crippen molar-refractivity contribution in [1.29, 1.82) is 0 Å². The number of nitrogens with one attached hydrogen (secondary N) is 1. The SMILES string of the molecule is Cc1cccc(C(=O)NCC2(C(=O)O)CC2)c1I. The van der Waals surface area contributed by atoms with Crippen molar-refractivity contribution in [3.05, 3.63) is 32.9 Å². The Morgan fingerprint density at radius 3 is 2.67 bits per heavy atom. The van der Waals surface area contributed by atoms with Gasteiger partial charge in [-0.25, -0.2) is 0 Å². The number of carbonyl (C=O) groups is 2. The molecular weight excluding hydrogens is 345 g/mol. The predicted octanol–water partition coefficient (Wildman–Crippen LogP) is 2.19. The fourth-order valence-corrected chi connectivity index (χ4v) is 2.39. The monoisotopic (exact) mass is 359 g/mol. The number of hydrogen-bond acceptors (Lipinski definition) is 2. The molecule has 0 bridgehead atoms. The van der Waals surface area contributed by atoms with Crippen molar-refractivity contribution >= 4 is 34.5 Å². The highest BCUT2D eigenvalue weighted by Gasteiger charge is 2.50. The largest absolute Gasteiger partial charge is 0.481 e. The molecule has 1 aliphatic rings. The highest BCUT2D eigenvalue weighted by molar-refractivity contribution is 14.1. The summed E-state index contributed by atoms with van der Waals surface area (Å²) < 4.78 is 0.910. The van der Waals surface area contributed by atoms with Gasteiger partial charge in [-0.3, -0.25) is 9.59 Å². The molecule has 1 amide bonds. The molecule has 0 saturated heterocycles. The van der Waals surface area contributed by atoms with E-state index in [2.05, 4.69) is 27.9 Å². The van der Waals surface area contributed by atoms with Crippen molar-refractivity contribution in [3.63, 3.8) is 0 Å². The third-order valence-electron chi connectivity index (χ3n) is 3.33. The van der Waals surface area contributed by atoms with E-state index in [-0.39, 0.29) is 12.5 Å². The summed E-state index contributed by atoms with van der Waals surface area (Å²) in [6.45, 7) is 2.16. The van der Waals surface area contributed by atoms with E-state index in [1.807, 2.05) is 19.1 Å². The first-order valence-corrected chi connectivity index (χ1v) is 6.81. The van der Waals surface area contributed by atoms with Crippen LogP contribution >= 0.6 is 22.6 Å². The number of amides is 1. The van der Waals surface area contributed by atoms with Gasteiger partial charge >= 0.3 is 5.97 Å². The average Bonchev–Trinajstić information content (AvgIpc) is 3.11. The minimum absolute atomic E-state index is 0.198. The lowest BCUT2D eigenvalue weighted by atomic mass is 10.1. The molecule has 0 atom stereocenters. The highest BCUT2D eigenvalue weighted by Crippen LogP contribution is 2.45. The number of benzene rings is 1. The molecule has 1 fully saturated rings. The smallest absolute Gasteiger partial charge is 0.311 e. The average molecular weight is 359 g/mol. The van der Waals surface area contributed by atoms with Gasteiger partial charge in [0, 0.05) is 10.1 Å². The summed E-state index contributed by atoms with van der Waals surface area (Å²) in [5.41, 5.74) is 0.935. The fourth-order valence-electron chi connectivity index (χ4n) is 1.78. The van der Waals surface area contributed by atoms with Crippen molar-refractivity contribution in [2.24, 2.45) is 5.41 Å². The molecule has 1 aromatic rings. The van der Waals surface area contributed by atoms with E-state index < -0.39 is 11.4 Å². The first-order chi connectivity index (χ1) is 8.46. The van der Waals surface area contributed by atoms with E-state index in [9.17, 15) is 9.59 Å². The Morgan fingerprint density at radius 2 is 2.11 bits per heavy atom. The number of aryl methyl sites for hydroxylation is 1. The number of rotatable bonds is 4. The third-order valence-corrected chi connectivity index (χ3v) is 4.76. The highest BCUT2D eigenvalue weighted by atomic mass is 127. The topological polar surface area (TPSA) is 66.4 Å². The van der Waals surface area contributed by atoms with Crippen LogP contribution in [0.1, 0.15) is 28.8 Å². The summed E-state index contributed by atoms with van der Waals surface area (Å²) >= 11 is 2.13. The summed E-state index contributed by atoms with van der Waals surface area (Å²) in [5, 5.41) is 11.8. The standard InChI is InChI=1S/C13H14INO3/c1-8-3-2-4-9(10(8)14)11(16)15-7-13(5-6-13)12(17)18/h2-4H,5-7H2,1H3,(H,15,16)(H,17,18). The minimum atomic E-state index is -0.818. The zero-order valence-corrected chi connectivity index (χ0v) is 12.2. The van der Waals surface area contributed by atoms with Crippen LogP contribution in [0.15, 0.2) is 18.2 Å². The Hall–Kier alpha value is -1.11. The molecule has 0 aliphatic heterocycles.